The Labute approximate surface area is 169 Å². The van der Waals surface area contributed by atoms with E-state index >= 15 is 0 Å². The van der Waals surface area contributed by atoms with Gasteiger partial charge in [0.2, 0.25) is 0 Å². The Morgan fingerprint density at radius 3 is 2.70 bits per heavy atom. The number of imide groups is 1. The van der Waals surface area contributed by atoms with Gasteiger partial charge in [-0.1, -0.05) is 6.07 Å². The standard InChI is InChI=1S/C18H19BrN2O5S/c1-2-21-17(23)15(27-18(21)24)10-12-3-4-14(13(19)9-12)26-11-16(22)20-5-7-25-8-6-20/h3-4,9-10H,2,5-8,11H2,1H3. The van der Waals surface area contributed by atoms with Crippen molar-refractivity contribution >= 4 is 50.8 Å². The first-order chi connectivity index (χ1) is 13.0. The molecular weight excluding hydrogens is 436 g/mol. The summed E-state index contributed by atoms with van der Waals surface area (Å²) < 4.78 is 11.5. The van der Waals surface area contributed by atoms with Gasteiger partial charge < -0.3 is 14.4 Å². The van der Waals surface area contributed by atoms with Crippen LogP contribution in [0, 0.1) is 0 Å². The maximum absolute atomic E-state index is 12.2. The number of morpholine rings is 1. The lowest BCUT2D eigenvalue weighted by Crippen LogP contribution is -2.43. The number of hydrogen-bond donors (Lipinski definition) is 0. The monoisotopic (exact) mass is 454 g/mol. The fourth-order valence-corrected chi connectivity index (χ4v) is 4.11. The minimum Gasteiger partial charge on any atom is -0.483 e. The average molecular weight is 455 g/mol. The molecule has 1 aromatic rings. The summed E-state index contributed by atoms with van der Waals surface area (Å²) >= 11 is 4.36. The molecule has 27 heavy (non-hydrogen) atoms. The zero-order valence-corrected chi connectivity index (χ0v) is 17.2. The quantitative estimate of drug-likeness (QED) is 0.636. The molecule has 2 heterocycles. The summed E-state index contributed by atoms with van der Waals surface area (Å²) in [6, 6.07) is 5.29. The highest BCUT2D eigenvalue weighted by Crippen LogP contribution is 2.33. The second-order valence-corrected chi connectivity index (χ2v) is 7.75. The van der Waals surface area contributed by atoms with Gasteiger partial charge >= 0.3 is 0 Å². The van der Waals surface area contributed by atoms with Crippen LogP contribution in [0.25, 0.3) is 6.08 Å². The first-order valence-corrected chi connectivity index (χ1v) is 10.1. The Balaban J connectivity index is 1.64. The highest BCUT2D eigenvalue weighted by atomic mass is 79.9. The van der Waals surface area contributed by atoms with E-state index < -0.39 is 0 Å². The summed E-state index contributed by atoms with van der Waals surface area (Å²) in [4.78, 5) is 39.4. The van der Waals surface area contributed by atoms with Gasteiger partial charge in [-0.15, -0.1) is 0 Å². The van der Waals surface area contributed by atoms with Crippen LogP contribution in [0.2, 0.25) is 0 Å². The second-order valence-electron chi connectivity index (χ2n) is 5.90. The van der Waals surface area contributed by atoms with Crippen LogP contribution in [-0.2, 0) is 14.3 Å². The van der Waals surface area contributed by atoms with Crippen LogP contribution in [0.1, 0.15) is 12.5 Å². The molecule has 7 nitrogen and oxygen atoms in total. The molecule has 0 aromatic heterocycles. The molecule has 1 aromatic carbocycles. The summed E-state index contributed by atoms with van der Waals surface area (Å²) in [5.74, 6) is 0.179. The smallest absolute Gasteiger partial charge is 0.293 e. The molecule has 2 aliphatic heterocycles. The van der Waals surface area contributed by atoms with Crippen LogP contribution in [-0.4, -0.2) is 66.3 Å². The summed E-state index contributed by atoms with van der Waals surface area (Å²) in [6.07, 6.45) is 1.67. The number of halogens is 1. The molecule has 3 amide bonds. The Morgan fingerprint density at radius 1 is 1.33 bits per heavy atom. The molecule has 0 aliphatic carbocycles. The number of benzene rings is 1. The fraction of sp³-hybridized carbons (Fsp3) is 0.389. The van der Waals surface area contributed by atoms with Crippen LogP contribution in [0.15, 0.2) is 27.6 Å². The van der Waals surface area contributed by atoms with Crippen molar-refractivity contribution in [3.8, 4) is 5.75 Å². The molecule has 0 atom stereocenters. The molecule has 2 aliphatic rings. The van der Waals surface area contributed by atoms with Gasteiger partial charge in [0.1, 0.15) is 5.75 Å². The first kappa shape index (κ1) is 19.9. The summed E-state index contributed by atoms with van der Waals surface area (Å²) in [5, 5.41) is -0.255. The van der Waals surface area contributed by atoms with Crippen LogP contribution < -0.4 is 4.74 Å². The van der Waals surface area contributed by atoms with Crippen molar-refractivity contribution in [3.05, 3.63) is 33.1 Å². The number of amides is 3. The third-order valence-electron chi connectivity index (χ3n) is 4.16. The number of nitrogens with zero attached hydrogens (tertiary/aromatic N) is 2. The molecule has 0 N–H and O–H groups in total. The van der Waals surface area contributed by atoms with E-state index in [-0.39, 0.29) is 23.7 Å². The van der Waals surface area contributed by atoms with E-state index in [1.165, 1.54) is 4.90 Å². The SMILES string of the molecule is CCN1C(=O)SC(=Cc2ccc(OCC(=O)N3CCOCC3)c(Br)c2)C1=O. The number of rotatable bonds is 5. The second kappa shape index (κ2) is 8.90. The van der Waals surface area contributed by atoms with Gasteiger partial charge in [0.05, 0.1) is 22.6 Å². The predicted molar refractivity (Wildman–Crippen MR) is 105 cm³/mol. The van der Waals surface area contributed by atoms with Crippen LogP contribution in [0.3, 0.4) is 0 Å². The van der Waals surface area contributed by atoms with E-state index in [0.717, 1.165) is 17.3 Å². The van der Waals surface area contributed by atoms with Gasteiger partial charge in [0.25, 0.3) is 17.1 Å². The Morgan fingerprint density at radius 2 is 2.07 bits per heavy atom. The fourth-order valence-electron chi connectivity index (χ4n) is 2.69. The lowest BCUT2D eigenvalue weighted by molar-refractivity contribution is -0.137. The van der Waals surface area contributed by atoms with E-state index in [1.807, 2.05) is 0 Å². The van der Waals surface area contributed by atoms with Crippen LogP contribution >= 0.6 is 27.7 Å². The number of ether oxygens (including phenoxy) is 2. The molecule has 0 saturated carbocycles. The number of carbonyl (C=O) groups excluding carboxylic acids is 3. The van der Waals surface area contributed by atoms with Gasteiger partial charge in [-0.05, 0) is 58.4 Å². The molecule has 144 valence electrons. The third-order valence-corrected chi connectivity index (χ3v) is 5.69. The van der Waals surface area contributed by atoms with E-state index in [4.69, 9.17) is 9.47 Å². The summed E-state index contributed by atoms with van der Waals surface area (Å²) in [6.45, 7) is 4.33. The maximum Gasteiger partial charge on any atom is 0.293 e. The van der Waals surface area contributed by atoms with E-state index in [1.54, 1.807) is 36.1 Å². The molecule has 0 unspecified atom stereocenters. The van der Waals surface area contributed by atoms with Gasteiger partial charge in [-0.2, -0.15) is 0 Å². The third kappa shape index (κ3) is 4.72. The molecule has 9 heteroatoms. The predicted octanol–water partition coefficient (Wildman–Crippen LogP) is 2.74. The number of hydrogen-bond acceptors (Lipinski definition) is 6. The van der Waals surface area contributed by atoms with E-state index in [0.29, 0.717) is 48.0 Å². The Hall–Kier alpha value is -1.84. The van der Waals surface area contributed by atoms with Crippen molar-refractivity contribution < 1.29 is 23.9 Å². The van der Waals surface area contributed by atoms with Gasteiger partial charge in [0.15, 0.2) is 6.61 Å². The largest absolute Gasteiger partial charge is 0.483 e. The zero-order valence-electron chi connectivity index (χ0n) is 14.8. The number of likely N-dealkylation sites (N-methyl/N-ethyl adjacent to an activating group) is 1. The topological polar surface area (TPSA) is 76.2 Å². The lowest BCUT2D eigenvalue weighted by Gasteiger charge is -2.26. The zero-order chi connectivity index (χ0) is 19.4. The number of carbonyl (C=O) groups is 3. The van der Waals surface area contributed by atoms with Gasteiger partial charge in [-0.3, -0.25) is 19.3 Å². The summed E-state index contributed by atoms with van der Waals surface area (Å²) in [7, 11) is 0. The highest BCUT2D eigenvalue weighted by Gasteiger charge is 2.33. The van der Waals surface area contributed by atoms with Crippen LogP contribution in [0.5, 0.6) is 5.75 Å². The first-order valence-electron chi connectivity index (χ1n) is 8.53. The molecule has 2 saturated heterocycles. The van der Waals surface area contributed by atoms with Crippen molar-refractivity contribution in [3.63, 3.8) is 0 Å². The Kier molecular flexibility index (Phi) is 6.56. The maximum atomic E-state index is 12.2. The van der Waals surface area contributed by atoms with Crippen molar-refractivity contribution in [1.29, 1.82) is 0 Å². The van der Waals surface area contributed by atoms with E-state index in [2.05, 4.69) is 15.9 Å². The van der Waals surface area contributed by atoms with Crippen molar-refractivity contribution in [1.82, 2.24) is 9.80 Å². The highest BCUT2D eigenvalue weighted by molar-refractivity contribution is 9.10. The molecule has 0 radical (unpaired) electrons. The summed E-state index contributed by atoms with van der Waals surface area (Å²) in [5.41, 5.74) is 0.760. The molecule has 2 fully saturated rings. The normalized spacial score (nSPS) is 19.1. The minimum atomic E-state index is -0.278. The van der Waals surface area contributed by atoms with Gasteiger partial charge in [0, 0.05) is 19.6 Å². The van der Waals surface area contributed by atoms with Crippen molar-refractivity contribution in [2.75, 3.05) is 39.5 Å². The average Bonchev–Trinajstić information content (AvgIpc) is 2.94. The van der Waals surface area contributed by atoms with Crippen molar-refractivity contribution in [2.45, 2.75) is 6.92 Å². The molecular formula is C18H19BrN2O5S. The van der Waals surface area contributed by atoms with Crippen LogP contribution in [0.4, 0.5) is 4.79 Å². The molecule has 0 spiro atoms. The minimum absolute atomic E-state index is 0.0483. The molecule has 3 rings (SSSR count). The van der Waals surface area contributed by atoms with E-state index in [9.17, 15) is 14.4 Å². The van der Waals surface area contributed by atoms with Gasteiger partial charge in [-0.25, -0.2) is 0 Å². The molecule has 0 bridgehead atoms. The van der Waals surface area contributed by atoms with Crippen molar-refractivity contribution in [2.24, 2.45) is 0 Å². The lowest BCUT2D eigenvalue weighted by atomic mass is 10.2. The Bertz CT molecular complexity index is 792. The number of thioether (sulfide) groups is 1.